The van der Waals surface area contributed by atoms with Gasteiger partial charge < -0.3 is 5.84 Å². The van der Waals surface area contributed by atoms with Crippen molar-refractivity contribution in [3.63, 3.8) is 0 Å². The second kappa shape index (κ2) is 6.32. The molecule has 0 bridgehead atoms. The summed E-state index contributed by atoms with van der Waals surface area (Å²) in [6.45, 7) is 7.68. The molecule has 0 radical (unpaired) electrons. The third-order valence-corrected chi connectivity index (χ3v) is 3.95. The van der Waals surface area contributed by atoms with Crippen LogP contribution in [0.25, 0.3) is 22.9 Å². The second-order valence-corrected chi connectivity index (χ2v) is 5.29. The highest BCUT2D eigenvalue weighted by atomic mass is 15.1. The Labute approximate surface area is 136 Å². The molecule has 0 aliphatic rings. The maximum atomic E-state index is 5.68. The number of nitrogens with zero attached hydrogens (tertiary/aromatic N) is 1. The van der Waals surface area contributed by atoms with E-state index in [-0.39, 0.29) is 0 Å². The average molecular weight is 298 g/mol. The molecule has 2 nitrogen and oxygen atoms in total. The Morgan fingerprint density at radius 2 is 1.43 bits per heavy atom. The van der Waals surface area contributed by atoms with Crippen LogP contribution in [0.3, 0.4) is 0 Å². The quantitative estimate of drug-likeness (QED) is 0.418. The molecule has 0 aliphatic heterocycles. The first-order valence-corrected chi connectivity index (χ1v) is 7.43. The molecule has 23 heavy (non-hydrogen) atoms. The monoisotopic (exact) mass is 298 g/mol. The van der Waals surface area contributed by atoms with Crippen molar-refractivity contribution in [2.24, 2.45) is 10.9 Å². The largest absolute Gasteiger partial charge is 0.323 e. The number of nitrogens with two attached hydrogens (primary N) is 1. The van der Waals surface area contributed by atoms with Crippen molar-refractivity contribution in [1.82, 2.24) is 0 Å². The fourth-order valence-electron chi connectivity index (χ4n) is 2.74. The number of hydrogen-bond acceptors (Lipinski definition) is 2. The number of benzene rings is 3. The molecule has 0 saturated carbocycles. The first-order chi connectivity index (χ1) is 11.3. The lowest BCUT2D eigenvalue weighted by atomic mass is 9.96. The van der Waals surface area contributed by atoms with Crippen molar-refractivity contribution in [2.75, 3.05) is 0 Å². The Morgan fingerprint density at radius 1 is 0.783 bits per heavy atom. The van der Waals surface area contributed by atoms with Crippen molar-refractivity contribution in [3.8, 4) is 0 Å². The standard InChI is InChI=1S/C21H18N2/c1-3-15-9-11-19(13-16(15)4-2)21(23-22)20-12-10-17-7-5-6-8-18(17)14-20/h3-14H,1-2,22H2/b23-21-. The van der Waals surface area contributed by atoms with E-state index in [1.165, 1.54) is 5.39 Å². The summed E-state index contributed by atoms with van der Waals surface area (Å²) in [5.74, 6) is 5.68. The second-order valence-electron chi connectivity index (χ2n) is 5.29. The van der Waals surface area contributed by atoms with Gasteiger partial charge in [-0.05, 0) is 34.0 Å². The van der Waals surface area contributed by atoms with Gasteiger partial charge in [-0.15, -0.1) is 0 Å². The summed E-state index contributed by atoms with van der Waals surface area (Å²) in [7, 11) is 0. The van der Waals surface area contributed by atoms with Crippen molar-refractivity contribution >= 4 is 28.6 Å². The van der Waals surface area contributed by atoms with Crippen molar-refractivity contribution in [2.45, 2.75) is 0 Å². The molecule has 3 rings (SSSR count). The Morgan fingerprint density at radius 3 is 2.13 bits per heavy atom. The molecular formula is C21H18N2. The van der Waals surface area contributed by atoms with Crippen LogP contribution < -0.4 is 5.84 Å². The molecular weight excluding hydrogens is 280 g/mol. The fraction of sp³-hybridized carbons (Fsp3) is 0. The first kappa shape index (κ1) is 14.8. The van der Waals surface area contributed by atoms with Gasteiger partial charge in [0.05, 0.1) is 5.71 Å². The van der Waals surface area contributed by atoms with Gasteiger partial charge >= 0.3 is 0 Å². The van der Waals surface area contributed by atoms with Gasteiger partial charge in [-0.1, -0.05) is 73.8 Å². The molecule has 3 aromatic carbocycles. The molecule has 0 aromatic heterocycles. The number of fused-ring (bicyclic) bond motifs is 1. The average Bonchev–Trinajstić information content (AvgIpc) is 2.62. The van der Waals surface area contributed by atoms with E-state index in [1.54, 1.807) is 0 Å². The SMILES string of the molecule is C=Cc1ccc(/C(=N/N)c2ccc3ccccc3c2)cc1C=C. The van der Waals surface area contributed by atoms with Crippen LogP contribution in [-0.2, 0) is 0 Å². The van der Waals surface area contributed by atoms with E-state index < -0.39 is 0 Å². The van der Waals surface area contributed by atoms with E-state index in [0.717, 1.165) is 33.4 Å². The summed E-state index contributed by atoms with van der Waals surface area (Å²) >= 11 is 0. The Hall–Kier alpha value is -3.13. The minimum Gasteiger partial charge on any atom is -0.323 e. The Balaban J connectivity index is 2.11. The molecule has 0 heterocycles. The van der Waals surface area contributed by atoms with Crippen LogP contribution in [0.5, 0.6) is 0 Å². The summed E-state index contributed by atoms with van der Waals surface area (Å²) in [5, 5.41) is 6.38. The van der Waals surface area contributed by atoms with Gasteiger partial charge in [0, 0.05) is 11.1 Å². The summed E-state index contributed by atoms with van der Waals surface area (Å²) in [4.78, 5) is 0. The molecule has 0 saturated heterocycles. The molecule has 0 spiro atoms. The lowest BCUT2D eigenvalue weighted by molar-refractivity contribution is 1.24. The van der Waals surface area contributed by atoms with Gasteiger partial charge in [0.2, 0.25) is 0 Å². The van der Waals surface area contributed by atoms with E-state index in [2.05, 4.69) is 42.5 Å². The fourth-order valence-corrected chi connectivity index (χ4v) is 2.74. The minimum absolute atomic E-state index is 0.759. The zero-order valence-corrected chi connectivity index (χ0v) is 12.9. The molecule has 112 valence electrons. The zero-order valence-electron chi connectivity index (χ0n) is 12.9. The Kier molecular flexibility index (Phi) is 4.07. The van der Waals surface area contributed by atoms with E-state index in [0.29, 0.717) is 0 Å². The molecule has 0 amide bonds. The zero-order chi connectivity index (χ0) is 16.2. The summed E-state index contributed by atoms with van der Waals surface area (Å²) in [6.07, 6.45) is 3.63. The topological polar surface area (TPSA) is 38.4 Å². The molecule has 3 aromatic rings. The van der Waals surface area contributed by atoms with Crippen LogP contribution in [0, 0.1) is 0 Å². The first-order valence-electron chi connectivity index (χ1n) is 7.43. The van der Waals surface area contributed by atoms with Gasteiger partial charge in [0.15, 0.2) is 0 Å². The smallest absolute Gasteiger partial charge is 0.0971 e. The number of rotatable bonds is 4. The lowest BCUT2D eigenvalue weighted by Gasteiger charge is -2.10. The minimum atomic E-state index is 0.759. The lowest BCUT2D eigenvalue weighted by Crippen LogP contribution is -2.07. The third-order valence-electron chi connectivity index (χ3n) is 3.95. The molecule has 2 N–H and O–H groups in total. The highest BCUT2D eigenvalue weighted by molar-refractivity contribution is 6.14. The van der Waals surface area contributed by atoms with Crippen LogP contribution >= 0.6 is 0 Å². The molecule has 0 atom stereocenters. The van der Waals surface area contributed by atoms with Crippen molar-refractivity contribution in [3.05, 3.63) is 96.1 Å². The highest BCUT2D eigenvalue weighted by Gasteiger charge is 2.09. The van der Waals surface area contributed by atoms with Crippen molar-refractivity contribution in [1.29, 1.82) is 0 Å². The van der Waals surface area contributed by atoms with Crippen LogP contribution in [0.4, 0.5) is 0 Å². The van der Waals surface area contributed by atoms with E-state index in [1.807, 2.05) is 48.6 Å². The maximum Gasteiger partial charge on any atom is 0.0971 e. The van der Waals surface area contributed by atoms with Crippen LogP contribution in [0.2, 0.25) is 0 Å². The highest BCUT2D eigenvalue weighted by Crippen LogP contribution is 2.21. The van der Waals surface area contributed by atoms with Gasteiger partial charge in [0.1, 0.15) is 0 Å². The number of hydrogen-bond donors (Lipinski definition) is 1. The van der Waals surface area contributed by atoms with Gasteiger partial charge in [-0.2, -0.15) is 5.10 Å². The van der Waals surface area contributed by atoms with E-state index in [9.17, 15) is 0 Å². The molecule has 0 unspecified atom stereocenters. The predicted octanol–water partition coefficient (Wildman–Crippen LogP) is 4.84. The number of hydrazone groups is 1. The maximum absolute atomic E-state index is 5.68. The van der Waals surface area contributed by atoms with Crippen LogP contribution in [-0.4, -0.2) is 5.71 Å². The third kappa shape index (κ3) is 2.79. The normalized spacial score (nSPS) is 11.4. The predicted molar refractivity (Wildman–Crippen MR) is 100 cm³/mol. The van der Waals surface area contributed by atoms with Gasteiger partial charge in [-0.3, -0.25) is 0 Å². The summed E-state index contributed by atoms with van der Waals surface area (Å²) in [6, 6.07) is 20.5. The summed E-state index contributed by atoms with van der Waals surface area (Å²) < 4.78 is 0. The summed E-state index contributed by atoms with van der Waals surface area (Å²) in [5.41, 5.74) is 4.77. The van der Waals surface area contributed by atoms with E-state index >= 15 is 0 Å². The van der Waals surface area contributed by atoms with Gasteiger partial charge in [0.25, 0.3) is 0 Å². The Bertz CT molecular complexity index is 920. The van der Waals surface area contributed by atoms with E-state index in [4.69, 9.17) is 5.84 Å². The molecule has 2 heteroatoms. The van der Waals surface area contributed by atoms with Gasteiger partial charge in [-0.25, -0.2) is 0 Å². The van der Waals surface area contributed by atoms with Crippen LogP contribution in [0.15, 0.2) is 78.9 Å². The molecule has 0 fully saturated rings. The molecule has 0 aliphatic carbocycles. The van der Waals surface area contributed by atoms with Crippen LogP contribution in [0.1, 0.15) is 22.3 Å². The van der Waals surface area contributed by atoms with Crippen molar-refractivity contribution < 1.29 is 0 Å².